The maximum Gasteiger partial charge on any atom is 0.246 e. The summed E-state index contributed by atoms with van der Waals surface area (Å²) in [6.45, 7) is -1.38. The number of aliphatic hydroxyl groups excluding tert-OH is 5. The van der Waals surface area contributed by atoms with Gasteiger partial charge in [0.05, 0.1) is 6.61 Å². The Bertz CT molecular complexity index is 249. The van der Waals surface area contributed by atoms with Crippen molar-refractivity contribution in [2.45, 2.75) is 30.6 Å². The maximum absolute atomic E-state index is 10.9. The number of rotatable bonds is 3. The van der Waals surface area contributed by atoms with E-state index in [2.05, 4.69) is 5.32 Å². The third-order valence-corrected chi connectivity index (χ3v) is 2.37. The molecule has 0 aliphatic carbocycles. The lowest BCUT2D eigenvalue weighted by Crippen LogP contribution is -2.64. The van der Waals surface area contributed by atoms with E-state index in [1.807, 2.05) is 0 Å². The average molecular weight is 237 g/mol. The van der Waals surface area contributed by atoms with Crippen molar-refractivity contribution in [2.24, 2.45) is 0 Å². The minimum absolute atomic E-state index is 0.573. The molecule has 0 radical (unpaired) electrons. The lowest BCUT2D eigenvalue weighted by Gasteiger charge is -2.40. The standard InChI is InChI=1S/C8H15NO7/c10-1-3-6(13)7(14)5(8(15)16-3)9-4(12)2-11/h3,5-8,10-11,13-15H,1-2H2,(H,9,12)/t3?,5?,6-,7-,8?/m1/s1. The SMILES string of the molecule is O=C(CO)NC1C(O)OC(CO)[C@@H](O)[C@@H]1O. The van der Waals surface area contributed by atoms with Crippen LogP contribution in [0.2, 0.25) is 0 Å². The lowest BCUT2D eigenvalue weighted by molar-refractivity contribution is -0.254. The molecule has 0 bridgehead atoms. The monoisotopic (exact) mass is 237 g/mol. The first-order valence-corrected chi connectivity index (χ1v) is 4.72. The van der Waals surface area contributed by atoms with Gasteiger partial charge in [-0.25, -0.2) is 0 Å². The van der Waals surface area contributed by atoms with Crippen molar-refractivity contribution >= 4 is 5.91 Å². The largest absolute Gasteiger partial charge is 0.394 e. The Morgan fingerprint density at radius 1 is 1.19 bits per heavy atom. The van der Waals surface area contributed by atoms with Crippen LogP contribution in [0.1, 0.15) is 0 Å². The Labute approximate surface area is 91.1 Å². The van der Waals surface area contributed by atoms with E-state index in [1.165, 1.54) is 0 Å². The van der Waals surface area contributed by atoms with Crippen LogP contribution < -0.4 is 5.32 Å². The highest BCUT2D eigenvalue weighted by molar-refractivity contribution is 5.77. The highest BCUT2D eigenvalue weighted by Gasteiger charge is 2.44. The zero-order chi connectivity index (χ0) is 12.3. The summed E-state index contributed by atoms with van der Waals surface area (Å²) in [6.07, 6.45) is -5.60. The third kappa shape index (κ3) is 2.67. The molecule has 94 valence electrons. The van der Waals surface area contributed by atoms with Gasteiger partial charge in [-0.15, -0.1) is 0 Å². The molecule has 0 aromatic heterocycles. The fourth-order valence-electron chi connectivity index (χ4n) is 1.48. The van der Waals surface area contributed by atoms with Crippen LogP contribution >= 0.6 is 0 Å². The minimum atomic E-state index is -1.56. The number of hydrogen-bond donors (Lipinski definition) is 6. The molecular weight excluding hydrogens is 222 g/mol. The van der Waals surface area contributed by atoms with E-state index in [-0.39, 0.29) is 0 Å². The van der Waals surface area contributed by atoms with Crippen LogP contribution in [0.4, 0.5) is 0 Å². The second-order valence-corrected chi connectivity index (χ2v) is 3.48. The van der Waals surface area contributed by atoms with Gasteiger partial charge in [-0.3, -0.25) is 4.79 Å². The first kappa shape index (κ1) is 13.3. The molecule has 16 heavy (non-hydrogen) atoms. The Hall–Kier alpha value is -0.770. The second-order valence-electron chi connectivity index (χ2n) is 3.48. The summed E-state index contributed by atoms with van der Waals surface area (Å²) in [5, 5.41) is 47.8. The molecule has 1 rings (SSSR count). The number of aliphatic hydroxyl groups is 5. The van der Waals surface area contributed by atoms with Gasteiger partial charge < -0.3 is 35.6 Å². The second kappa shape index (κ2) is 5.53. The predicted octanol–water partition coefficient (Wildman–Crippen LogP) is -4.11. The van der Waals surface area contributed by atoms with Crippen molar-refractivity contribution in [3.63, 3.8) is 0 Å². The quantitative estimate of drug-likeness (QED) is 0.293. The summed E-state index contributed by atoms with van der Waals surface area (Å²) in [6, 6.07) is -1.25. The van der Waals surface area contributed by atoms with E-state index in [4.69, 9.17) is 14.9 Å². The van der Waals surface area contributed by atoms with E-state index < -0.39 is 49.8 Å². The summed E-state index contributed by atoms with van der Waals surface area (Å²) in [7, 11) is 0. The highest BCUT2D eigenvalue weighted by Crippen LogP contribution is 2.19. The van der Waals surface area contributed by atoms with Gasteiger partial charge in [0.2, 0.25) is 5.91 Å². The summed E-state index contributed by atoms with van der Waals surface area (Å²) in [5.74, 6) is -0.818. The van der Waals surface area contributed by atoms with Crippen LogP contribution in [-0.2, 0) is 9.53 Å². The van der Waals surface area contributed by atoms with Crippen LogP contribution in [0.5, 0.6) is 0 Å². The van der Waals surface area contributed by atoms with Crippen molar-refractivity contribution in [1.29, 1.82) is 0 Å². The van der Waals surface area contributed by atoms with Gasteiger partial charge >= 0.3 is 0 Å². The summed E-state index contributed by atoms with van der Waals surface area (Å²) >= 11 is 0. The normalized spacial score (nSPS) is 39.4. The molecule has 8 nitrogen and oxygen atoms in total. The zero-order valence-electron chi connectivity index (χ0n) is 8.35. The molecule has 6 N–H and O–H groups in total. The number of ether oxygens (including phenoxy) is 1. The van der Waals surface area contributed by atoms with Crippen molar-refractivity contribution in [3.8, 4) is 0 Å². The van der Waals surface area contributed by atoms with Gasteiger partial charge in [0.15, 0.2) is 6.29 Å². The van der Waals surface area contributed by atoms with Gasteiger partial charge in [0, 0.05) is 0 Å². The topological polar surface area (TPSA) is 139 Å². The van der Waals surface area contributed by atoms with Crippen LogP contribution in [0, 0.1) is 0 Å². The Morgan fingerprint density at radius 3 is 2.31 bits per heavy atom. The van der Waals surface area contributed by atoms with Gasteiger partial charge in [-0.05, 0) is 0 Å². The van der Waals surface area contributed by atoms with Crippen molar-refractivity contribution < 1.29 is 35.1 Å². The molecule has 0 spiro atoms. The van der Waals surface area contributed by atoms with E-state index >= 15 is 0 Å². The van der Waals surface area contributed by atoms with Crippen molar-refractivity contribution in [1.82, 2.24) is 5.32 Å². The summed E-state index contributed by atoms with van der Waals surface area (Å²) in [5.41, 5.74) is 0. The first-order valence-electron chi connectivity index (χ1n) is 4.72. The highest BCUT2D eigenvalue weighted by atomic mass is 16.6. The van der Waals surface area contributed by atoms with E-state index in [1.54, 1.807) is 0 Å². The average Bonchev–Trinajstić information content (AvgIpc) is 2.28. The maximum atomic E-state index is 10.9. The van der Waals surface area contributed by atoms with Crippen LogP contribution in [-0.4, -0.2) is 75.3 Å². The van der Waals surface area contributed by atoms with Gasteiger partial charge in [0.25, 0.3) is 0 Å². The Kier molecular flexibility index (Phi) is 4.59. The molecule has 5 atom stereocenters. The van der Waals surface area contributed by atoms with Crippen LogP contribution in [0.25, 0.3) is 0 Å². The van der Waals surface area contributed by atoms with E-state index in [0.29, 0.717) is 0 Å². The van der Waals surface area contributed by atoms with Crippen molar-refractivity contribution in [2.75, 3.05) is 13.2 Å². The molecule has 8 heteroatoms. The van der Waals surface area contributed by atoms with Gasteiger partial charge in [0.1, 0.15) is 31.0 Å². The molecule has 1 heterocycles. The predicted molar refractivity (Wildman–Crippen MR) is 49.0 cm³/mol. The molecule has 3 unspecified atom stereocenters. The zero-order valence-corrected chi connectivity index (χ0v) is 8.35. The molecule has 1 amide bonds. The van der Waals surface area contributed by atoms with Gasteiger partial charge in [-0.2, -0.15) is 0 Å². The molecule has 1 fully saturated rings. The molecular formula is C8H15NO7. The minimum Gasteiger partial charge on any atom is -0.394 e. The fourth-order valence-corrected chi connectivity index (χ4v) is 1.48. The number of carbonyl (C=O) groups is 1. The number of hydrogen-bond acceptors (Lipinski definition) is 7. The van der Waals surface area contributed by atoms with Crippen LogP contribution in [0.3, 0.4) is 0 Å². The molecule has 0 aromatic carbocycles. The summed E-state index contributed by atoms with van der Waals surface area (Å²) < 4.78 is 4.78. The third-order valence-electron chi connectivity index (χ3n) is 2.37. The number of carbonyl (C=O) groups excluding carboxylic acids is 1. The lowest BCUT2D eigenvalue weighted by atomic mass is 9.97. The number of amides is 1. The number of nitrogens with one attached hydrogen (secondary N) is 1. The van der Waals surface area contributed by atoms with Gasteiger partial charge in [-0.1, -0.05) is 0 Å². The first-order chi connectivity index (χ1) is 7.51. The van der Waals surface area contributed by atoms with E-state index in [9.17, 15) is 20.1 Å². The Morgan fingerprint density at radius 2 is 1.81 bits per heavy atom. The molecule has 0 aromatic rings. The smallest absolute Gasteiger partial charge is 0.246 e. The Balaban J connectivity index is 2.67. The molecule has 1 aliphatic rings. The van der Waals surface area contributed by atoms with E-state index in [0.717, 1.165) is 0 Å². The fraction of sp³-hybridized carbons (Fsp3) is 0.875. The van der Waals surface area contributed by atoms with Crippen LogP contribution in [0.15, 0.2) is 0 Å². The van der Waals surface area contributed by atoms with Crippen molar-refractivity contribution in [3.05, 3.63) is 0 Å². The molecule has 1 aliphatic heterocycles. The summed E-state index contributed by atoms with van der Waals surface area (Å²) in [4.78, 5) is 10.9. The molecule has 0 saturated carbocycles. The molecule has 1 saturated heterocycles.